The highest BCUT2D eigenvalue weighted by Gasteiger charge is 2.43. The molecule has 0 amide bonds. The second kappa shape index (κ2) is 12.7. The lowest BCUT2D eigenvalue weighted by molar-refractivity contribution is -0.138. The Hall–Kier alpha value is -3.24. The Labute approximate surface area is 236 Å². The molecule has 1 aliphatic heterocycles. The molecule has 0 bridgehead atoms. The monoisotopic (exact) mass is 580 g/mol. The van der Waals surface area contributed by atoms with Crippen LogP contribution in [-0.4, -0.2) is 44.8 Å². The van der Waals surface area contributed by atoms with Crippen molar-refractivity contribution in [3.8, 4) is 11.5 Å². The predicted octanol–water partition coefficient (Wildman–Crippen LogP) is 7.16. The first-order valence-electron chi connectivity index (χ1n) is 13.5. The van der Waals surface area contributed by atoms with E-state index in [2.05, 4.69) is 4.90 Å². The first-order valence-corrected chi connectivity index (χ1v) is 13.5. The lowest BCUT2D eigenvalue weighted by Gasteiger charge is -2.45. The minimum Gasteiger partial charge on any atom is -0.493 e. The smallest absolute Gasteiger partial charge is 0.416 e. The lowest BCUT2D eigenvalue weighted by Crippen LogP contribution is -2.48. The van der Waals surface area contributed by atoms with E-state index in [4.69, 9.17) is 15.2 Å². The van der Waals surface area contributed by atoms with Crippen molar-refractivity contribution in [2.45, 2.75) is 37.0 Å². The van der Waals surface area contributed by atoms with Crippen LogP contribution in [0.25, 0.3) is 0 Å². The molecule has 0 aromatic heterocycles. The Morgan fingerprint density at radius 2 is 1.20 bits per heavy atom. The van der Waals surface area contributed by atoms with E-state index in [1.54, 1.807) is 7.11 Å². The Bertz CT molecular complexity index is 1190. The molecule has 0 radical (unpaired) electrons. The standard InChI is InChI=1S/C31H34F6N2O2/c1-40-27-5-2-3-6-28(27)41-20-4-17-39-18-15-24(16-19-39)29(21-38,22-7-11-25(12-8-22)30(32,33)34)23-9-13-26(14-10-23)31(35,36)37/h2-3,5-14,24H,4,15-21,38H2,1H3. The van der Waals surface area contributed by atoms with Gasteiger partial charge in [0.1, 0.15) is 0 Å². The molecule has 1 fully saturated rings. The average molecular weight is 581 g/mol. The van der Waals surface area contributed by atoms with Gasteiger partial charge in [0.05, 0.1) is 24.8 Å². The van der Waals surface area contributed by atoms with Crippen LogP contribution >= 0.6 is 0 Å². The van der Waals surface area contributed by atoms with Crippen LogP contribution in [0.5, 0.6) is 11.5 Å². The molecular weight excluding hydrogens is 546 g/mol. The number of hydrogen-bond acceptors (Lipinski definition) is 4. The molecule has 222 valence electrons. The third-order valence-corrected chi connectivity index (χ3v) is 8.01. The Morgan fingerprint density at radius 3 is 1.63 bits per heavy atom. The molecule has 1 heterocycles. The third-order valence-electron chi connectivity index (χ3n) is 8.01. The van der Waals surface area contributed by atoms with E-state index in [0.29, 0.717) is 42.1 Å². The molecule has 41 heavy (non-hydrogen) atoms. The Morgan fingerprint density at radius 1 is 0.732 bits per heavy atom. The second-order valence-electron chi connectivity index (χ2n) is 10.3. The van der Waals surface area contributed by atoms with Gasteiger partial charge in [-0.3, -0.25) is 0 Å². The summed E-state index contributed by atoms with van der Waals surface area (Å²) in [6.07, 6.45) is -6.85. The van der Waals surface area contributed by atoms with Crippen molar-refractivity contribution in [1.29, 1.82) is 0 Å². The molecule has 0 spiro atoms. The number of rotatable bonds is 10. The van der Waals surface area contributed by atoms with Gasteiger partial charge in [0.25, 0.3) is 0 Å². The molecule has 2 N–H and O–H groups in total. The third kappa shape index (κ3) is 6.98. The summed E-state index contributed by atoms with van der Waals surface area (Å²) in [7, 11) is 1.59. The summed E-state index contributed by atoms with van der Waals surface area (Å²) in [5.74, 6) is 1.26. The fraction of sp³-hybridized carbons (Fsp3) is 0.419. The molecule has 1 aliphatic rings. The first kappa shape index (κ1) is 30.7. The van der Waals surface area contributed by atoms with Crippen LogP contribution in [0.3, 0.4) is 0 Å². The van der Waals surface area contributed by atoms with E-state index in [1.807, 2.05) is 24.3 Å². The fourth-order valence-electron chi connectivity index (χ4n) is 5.81. The number of alkyl halides is 6. The van der Waals surface area contributed by atoms with Crippen molar-refractivity contribution >= 4 is 0 Å². The van der Waals surface area contributed by atoms with Crippen molar-refractivity contribution in [2.24, 2.45) is 11.7 Å². The van der Waals surface area contributed by atoms with Gasteiger partial charge in [-0.25, -0.2) is 0 Å². The largest absolute Gasteiger partial charge is 0.493 e. The molecular formula is C31H34F6N2O2. The van der Waals surface area contributed by atoms with Crippen molar-refractivity contribution in [3.05, 3.63) is 95.1 Å². The molecule has 3 aromatic rings. The molecule has 4 rings (SSSR count). The molecule has 3 aromatic carbocycles. The summed E-state index contributed by atoms with van der Waals surface area (Å²) >= 11 is 0. The highest BCUT2D eigenvalue weighted by atomic mass is 19.4. The SMILES string of the molecule is COc1ccccc1OCCCN1CCC(C(CN)(c2ccc(C(F)(F)F)cc2)c2ccc(C(F)(F)F)cc2)CC1. The van der Waals surface area contributed by atoms with E-state index < -0.39 is 28.9 Å². The average Bonchev–Trinajstić information content (AvgIpc) is 2.96. The minimum atomic E-state index is -4.50. The highest BCUT2D eigenvalue weighted by Crippen LogP contribution is 2.45. The van der Waals surface area contributed by atoms with Gasteiger partial charge < -0.3 is 20.1 Å². The lowest BCUT2D eigenvalue weighted by atomic mass is 9.62. The van der Waals surface area contributed by atoms with Gasteiger partial charge >= 0.3 is 12.4 Å². The van der Waals surface area contributed by atoms with Crippen molar-refractivity contribution in [1.82, 2.24) is 4.90 Å². The van der Waals surface area contributed by atoms with Gasteiger partial charge in [-0.05, 0) is 85.8 Å². The summed E-state index contributed by atoms with van der Waals surface area (Å²) < 4.78 is 90.9. The van der Waals surface area contributed by atoms with Crippen LogP contribution in [0, 0.1) is 5.92 Å². The number of piperidine rings is 1. The minimum absolute atomic E-state index is 0.0428. The number of methoxy groups -OCH3 is 1. The van der Waals surface area contributed by atoms with E-state index in [-0.39, 0.29) is 12.5 Å². The summed E-state index contributed by atoms with van der Waals surface area (Å²) in [5.41, 5.74) is 5.00. The maximum atomic E-state index is 13.3. The second-order valence-corrected chi connectivity index (χ2v) is 10.3. The van der Waals surface area contributed by atoms with Gasteiger partial charge in [0, 0.05) is 18.5 Å². The summed E-state index contributed by atoms with van der Waals surface area (Å²) in [6.45, 7) is 2.79. The van der Waals surface area contributed by atoms with E-state index in [1.165, 1.54) is 24.3 Å². The Kier molecular flexibility index (Phi) is 9.54. The number of para-hydroxylation sites is 2. The maximum absolute atomic E-state index is 13.3. The van der Waals surface area contributed by atoms with E-state index >= 15 is 0 Å². The normalized spacial score (nSPS) is 15.6. The van der Waals surface area contributed by atoms with Crippen LogP contribution < -0.4 is 15.2 Å². The molecule has 0 saturated carbocycles. The Balaban J connectivity index is 1.50. The van der Waals surface area contributed by atoms with Gasteiger partial charge in [-0.15, -0.1) is 0 Å². The number of hydrogen-bond donors (Lipinski definition) is 1. The number of halogens is 6. The van der Waals surface area contributed by atoms with Crippen LogP contribution in [0.1, 0.15) is 41.5 Å². The molecule has 1 saturated heterocycles. The predicted molar refractivity (Wildman–Crippen MR) is 145 cm³/mol. The van der Waals surface area contributed by atoms with Gasteiger partial charge in [-0.1, -0.05) is 36.4 Å². The molecule has 0 unspecified atom stereocenters. The zero-order chi connectivity index (χ0) is 29.7. The number of nitrogens with zero attached hydrogens (tertiary/aromatic N) is 1. The topological polar surface area (TPSA) is 47.7 Å². The van der Waals surface area contributed by atoms with Gasteiger partial charge in [0.2, 0.25) is 0 Å². The van der Waals surface area contributed by atoms with E-state index in [0.717, 1.165) is 50.3 Å². The van der Waals surface area contributed by atoms with Gasteiger partial charge in [-0.2, -0.15) is 26.3 Å². The molecule has 4 nitrogen and oxygen atoms in total. The molecule has 10 heteroatoms. The van der Waals surface area contributed by atoms with Crippen molar-refractivity contribution < 1.29 is 35.8 Å². The summed E-state index contributed by atoms with van der Waals surface area (Å²) in [5, 5.41) is 0. The van der Waals surface area contributed by atoms with Crippen molar-refractivity contribution in [3.63, 3.8) is 0 Å². The highest BCUT2D eigenvalue weighted by molar-refractivity contribution is 5.44. The van der Waals surface area contributed by atoms with Crippen LogP contribution in [-0.2, 0) is 17.8 Å². The zero-order valence-electron chi connectivity index (χ0n) is 22.8. The summed E-state index contributed by atoms with van der Waals surface area (Å²) in [6, 6.07) is 17.1. The van der Waals surface area contributed by atoms with Crippen LogP contribution in [0.2, 0.25) is 0 Å². The molecule has 0 aliphatic carbocycles. The number of ether oxygens (including phenoxy) is 2. The quantitative estimate of drug-likeness (QED) is 0.204. The van der Waals surface area contributed by atoms with E-state index in [9.17, 15) is 26.3 Å². The van der Waals surface area contributed by atoms with Crippen LogP contribution in [0.4, 0.5) is 26.3 Å². The zero-order valence-corrected chi connectivity index (χ0v) is 22.8. The van der Waals surface area contributed by atoms with Gasteiger partial charge in [0.15, 0.2) is 11.5 Å². The fourth-order valence-corrected chi connectivity index (χ4v) is 5.81. The molecule has 0 atom stereocenters. The maximum Gasteiger partial charge on any atom is 0.416 e. The van der Waals surface area contributed by atoms with Crippen LogP contribution in [0.15, 0.2) is 72.8 Å². The number of likely N-dealkylation sites (tertiary alicyclic amines) is 1. The van der Waals surface area contributed by atoms with Crippen molar-refractivity contribution in [2.75, 3.05) is 39.9 Å². The number of benzene rings is 3. The first-order chi connectivity index (χ1) is 19.5. The summed E-state index contributed by atoms with van der Waals surface area (Å²) in [4.78, 5) is 2.29. The number of nitrogens with two attached hydrogens (primary N) is 1.